The number of benzene rings is 2. The summed E-state index contributed by atoms with van der Waals surface area (Å²) in [5.41, 5.74) is 1.81. The highest BCUT2D eigenvalue weighted by molar-refractivity contribution is 5.91. The van der Waals surface area contributed by atoms with Crippen LogP contribution in [0.5, 0.6) is 11.5 Å². The van der Waals surface area contributed by atoms with Gasteiger partial charge < -0.3 is 19.2 Å². The van der Waals surface area contributed by atoms with Crippen molar-refractivity contribution >= 4 is 22.7 Å². The fraction of sp³-hybridized carbons (Fsp3) is 0.176. The van der Waals surface area contributed by atoms with Gasteiger partial charge in [0.25, 0.3) is 0 Å². The molecule has 1 aliphatic heterocycles. The van der Waals surface area contributed by atoms with Crippen molar-refractivity contribution in [3.05, 3.63) is 53.0 Å². The van der Waals surface area contributed by atoms with Gasteiger partial charge in [-0.3, -0.25) is 9.36 Å². The van der Waals surface area contributed by atoms with Crippen LogP contribution in [0.1, 0.15) is 6.42 Å². The molecule has 0 radical (unpaired) electrons. The molecule has 1 N–H and O–H groups in total. The summed E-state index contributed by atoms with van der Waals surface area (Å²) in [6.45, 7) is 0.426. The van der Waals surface area contributed by atoms with Crippen molar-refractivity contribution in [2.24, 2.45) is 0 Å². The van der Waals surface area contributed by atoms with E-state index in [0.717, 1.165) is 0 Å². The molecule has 24 heavy (non-hydrogen) atoms. The molecule has 2 heterocycles. The predicted octanol–water partition coefficient (Wildman–Crippen LogP) is 2.35. The smallest absolute Gasteiger partial charge is 0.419 e. The van der Waals surface area contributed by atoms with E-state index in [1.807, 2.05) is 6.07 Å². The molecule has 7 nitrogen and oxygen atoms in total. The lowest BCUT2D eigenvalue weighted by Crippen LogP contribution is -2.19. The van der Waals surface area contributed by atoms with Crippen LogP contribution in [0.3, 0.4) is 0 Å². The molecule has 0 spiro atoms. The number of amides is 1. The summed E-state index contributed by atoms with van der Waals surface area (Å²) in [6.07, 6.45) is 0.151. The zero-order valence-corrected chi connectivity index (χ0v) is 12.7. The Morgan fingerprint density at radius 3 is 2.88 bits per heavy atom. The maximum Gasteiger partial charge on any atom is 0.419 e. The molecule has 0 saturated carbocycles. The lowest BCUT2D eigenvalue weighted by atomic mass is 10.2. The monoisotopic (exact) mass is 326 g/mol. The molecule has 0 saturated heterocycles. The predicted molar refractivity (Wildman–Crippen MR) is 86.3 cm³/mol. The van der Waals surface area contributed by atoms with Gasteiger partial charge in [0.2, 0.25) is 12.7 Å². The lowest BCUT2D eigenvalue weighted by Gasteiger charge is -2.06. The maximum atomic E-state index is 12.1. The summed E-state index contributed by atoms with van der Waals surface area (Å²) >= 11 is 0. The van der Waals surface area contributed by atoms with Crippen molar-refractivity contribution in [3.8, 4) is 11.5 Å². The van der Waals surface area contributed by atoms with Crippen LogP contribution in [0.4, 0.5) is 5.69 Å². The Morgan fingerprint density at radius 1 is 1.12 bits per heavy atom. The summed E-state index contributed by atoms with van der Waals surface area (Å²) in [4.78, 5) is 24.0. The second kappa shape index (κ2) is 5.77. The number of fused-ring (bicyclic) bond motifs is 2. The molecule has 0 unspecified atom stereocenters. The Labute approximate surface area is 136 Å². The highest BCUT2D eigenvalue weighted by Crippen LogP contribution is 2.34. The van der Waals surface area contributed by atoms with Gasteiger partial charge in [0.1, 0.15) is 0 Å². The maximum absolute atomic E-state index is 12.1. The average molecular weight is 326 g/mol. The lowest BCUT2D eigenvalue weighted by molar-refractivity contribution is -0.116. The van der Waals surface area contributed by atoms with Crippen molar-refractivity contribution in [2.75, 3.05) is 12.1 Å². The fourth-order valence-corrected chi connectivity index (χ4v) is 2.64. The molecule has 122 valence electrons. The number of rotatable bonds is 4. The molecule has 1 aliphatic rings. The Morgan fingerprint density at radius 2 is 1.96 bits per heavy atom. The molecule has 0 atom stereocenters. The second-order valence-corrected chi connectivity index (χ2v) is 5.35. The molecule has 2 aromatic carbocycles. The van der Waals surface area contributed by atoms with Gasteiger partial charge in [-0.25, -0.2) is 4.79 Å². The second-order valence-electron chi connectivity index (χ2n) is 5.35. The van der Waals surface area contributed by atoms with Crippen LogP contribution in [0.15, 0.2) is 51.7 Å². The molecule has 1 aromatic heterocycles. The molecule has 0 aliphatic carbocycles. The van der Waals surface area contributed by atoms with E-state index in [0.29, 0.717) is 28.3 Å². The summed E-state index contributed by atoms with van der Waals surface area (Å²) in [5, 5.41) is 2.78. The quantitative estimate of drug-likeness (QED) is 0.796. The molecule has 0 bridgehead atoms. The van der Waals surface area contributed by atoms with E-state index in [2.05, 4.69) is 5.32 Å². The number of anilines is 1. The number of ether oxygens (including phenoxy) is 2. The van der Waals surface area contributed by atoms with E-state index >= 15 is 0 Å². The standard InChI is InChI=1S/C17H14N2O5/c20-16(18-11-5-6-14-15(9-11)23-10-22-14)7-8-19-12-3-1-2-4-13(12)24-17(19)21/h1-6,9H,7-8,10H2,(H,18,20). The van der Waals surface area contributed by atoms with Gasteiger partial charge in [-0.05, 0) is 24.3 Å². The zero-order chi connectivity index (χ0) is 16.5. The number of carbonyl (C=O) groups excluding carboxylic acids is 1. The van der Waals surface area contributed by atoms with Gasteiger partial charge in [0, 0.05) is 24.7 Å². The summed E-state index contributed by atoms with van der Waals surface area (Å²) in [6, 6.07) is 12.3. The fourth-order valence-electron chi connectivity index (χ4n) is 2.64. The van der Waals surface area contributed by atoms with Crippen LogP contribution >= 0.6 is 0 Å². The van der Waals surface area contributed by atoms with Crippen LogP contribution < -0.4 is 20.5 Å². The first-order chi connectivity index (χ1) is 11.7. The summed E-state index contributed by atoms with van der Waals surface area (Å²) in [5.74, 6) is 0.590. The third kappa shape index (κ3) is 2.60. The van der Waals surface area contributed by atoms with Gasteiger partial charge in [-0.1, -0.05) is 12.1 Å². The third-order valence-electron chi connectivity index (χ3n) is 3.79. The Kier molecular flexibility index (Phi) is 3.45. The van der Waals surface area contributed by atoms with Crippen molar-refractivity contribution in [1.82, 2.24) is 4.57 Å². The Balaban J connectivity index is 1.45. The zero-order valence-electron chi connectivity index (χ0n) is 12.7. The molecule has 1 amide bonds. The minimum atomic E-state index is -0.466. The number of para-hydroxylation sites is 2. The van der Waals surface area contributed by atoms with Crippen molar-refractivity contribution < 1.29 is 18.7 Å². The highest BCUT2D eigenvalue weighted by Gasteiger charge is 2.15. The van der Waals surface area contributed by atoms with Crippen LogP contribution in [-0.4, -0.2) is 17.3 Å². The van der Waals surface area contributed by atoms with Gasteiger partial charge in [-0.15, -0.1) is 0 Å². The molecule has 0 fully saturated rings. The number of nitrogens with zero attached hydrogens (tertiary/aromatic N) is 1. The molecule has 7 heteroatoms. The van der Waals surface area contributed by atoms with E-state index in [4.69, 9.17) is 13.9 Å². The number of aryl methyl sites for hydroxylation is 1. The number of nitrogens with one attached hydrogen (secondary N) is 1. The van der Waals surface area contributed by atoms with E-state index in [-0.39, 0.29) is 25.7 Å². The van der Waals surface area contributed by atoms with E-state index in [9.17, 15) is 9.59 Å². The Hall–Kier alpha value is -3.22. The number of oxazole rings is 1. The molecular formula is C17H14N2O5. The molecular weight excluding hydrogens is 312 g/mol. The van der Waals surface area contributed by atoms with E-state index in [1.165, 1.54) is 4.57 Å². The van der Waals surface area contributed by atoms with Crippen LogP contribution in [0.2, 0.25) is 0 Å². The van der Waals surface area contributed by atoms with Gasteiger partial charge in [0.05, 0.1) is 5.52 Å². The molecule has 4 rings (SSSR count). The van der Waals surface area contributed by atoms with Crippen molar-refractivity contribution in [3.63, 3.8) is 0 Å². The normalized spacial score (nSPS) is 12.5. The number of carbonyl (C=O) groups is 1. The number of hydrogen-bond acceptors (Lipinski definition) is 5. The van der Waals surface area contributed by atoms with Crippen LogP contribution in [0.25, 0.3) is 11.1 Å². The first kappa shape index (κ1) is 14.4. The number of aromatic nitrogens is 1. The van der Waals surface area contributed by atoms with Crippen LogP contribution in [-0.2, 0) is 11.3 Å². The van der Waals surface area contributed by atoms with Gasteiger partial charge in [0.15, 0.2) is 17.1 Å². The van der Waals surface area contributed by atoms with Crippen LogP contribution in [0, 0.1) is 0 Å². The average Bonchev–Trinajstić information content (AvgIpc) is 3.16. The van der Waals surface area contributed by atoms with Crippen molar-refractivity contribution in [2.45, 2.75) is 13.0 Å². The largest absolute Gasteiger partial charge is 0.454 e. The van der Waals surface area contributed by atoms with E-state index in [1.54, 1.807) is 36.4 Å². The summed E-state index contributed by atoms with van der Waals surface area (Å²) < 4.78 is 17.1. The molecule has 3 aromatic rings. The Bertz CT molecular complexity index is 973. The highest BCUT2D eigenvalue weighted by atomic mass is 16.7. The first-order valence-electron chi connectivity index (χ1n) is 7.48. The minimum Gasteiger partial charge on any atom is -0.454 e. The minimum absolute atomic E-state index is 0.151. The van der Waals surface area contributed by atoms with E-state index < -0.39 is 5.76 Å². The SMILES string of the molecule is O=C(CCn1c(=O)oc2ccccc21)Nc1ccc2c(c1)OCO2. The van der Waals surface area contributed by atoms with Crippen molar-refractivity contribution in [1.29, 1.82) is 0 Å². The van der Waals surface area contributed by atoms with Gasteiger partial charge in [-0.2, -0.15) is 0 Å². The number of hydrogen-bond donors (Lipinski definition) is 1. The third-order valence-corrected chi connectivity index (χ3v) is 3.79. The van der Waals surface area contributed by atoms with Gasteiger partial charge >= 0.3 is 5.76 Å². The first-order valence-corrected chi connectivity index (χ1v) is 7.48. The topological polar surface area (TPSA) is 82.7 Å². The summed E-state index contributed by atoms with van der Waals surface area (Å²) in [7, 11) is 0.